The third-order valence-corrected chi connectivity index (χ3v) is 4.36. The Bertz CT molecular complexity index is 619. The molecule has 1 aliphatic rings. The molecule has 0 saturated carbocycles. The summed E-state index contributed by atoms with van der Waals surface area (Å²) in [5.74, 6) is -0.975. The lowest BCUT2D eigenvalue weighted by atomic mass is 10.1. The van der Waals surface area contributed by atoms with Crippen LogP contribution in [0.2, 0.25) is 5.02 Å². The van der Waals surface area contributed by atoms with Gasteiger partial charge in [0.15, 0.2) is 0 Å². The van der Waals surface area contributed by atoms with Gasteiger partial charge in [-0.25, -0.2) is 9.18 Å². The SMILES string of the molecule is CC(C)(C)OC(=O)NC1CN(C(=O)c2cc(F)c(Cl)c(Br)c2)C1. The number of benzene rings is 1. The van der Waals surface area contributed by atoms with E-state index in [4.69, 9.17) is 16.3 Å². The van der Waals surface area contributed by atoms with Gasteiger partial charge in [0.1, 0.15) is 11.4 Å². The van der Waals surface area contributed by atoms with Crippen LogP contribution in [0.3, 0.4) is 0 Å². The van der Waals surface area contributed by atoms with E-state index in [0.29, 0.717) is 17.6 Å². The normalized spacial score (nSPS) is 15.1. The van der Waals surface area contributed by atoms with Crippen molar-refractivity contribution in [1.29, 1.82) is 0 Å². The minimum Gasteiger partial charge on any atom is -0.444 e. The second-order valence-corrected chi connectivity index (χ2v) is 7.54. The van der Waals surface area contributed by atoms with E-state index in [2.05, 4.69) is 21.2 Å². The van der Waals surface area contributed by atoms with Crippen molar-refractivity contribution in [3.63, 3.8) is 0 Å². The summed E-state index contributed by atoms with van der Waals surface area (Å²) in [6, 6.07) is 2.40. The number of hydrogen-bond donors (Lipinski definition) is 1. The fourth-order valence-electron chi connectivity index (χ4n) is 2.07. The number of nitrogens with zero attached hydrogens (tertiary/aromatic N) is 1. The summed E-state index contributed by atoms with van der Waals surface area (Å²) < 4.78 is 19.1. The van der Waals surface area contributed by atoms with Crippen molar-refractivity contribution in [3.8, 4) is 0 Å². The number of alkyl carbamates (subject to hydrolysis) is 1. The molecule has 1 aromatic carbocycles. The number of carbonyl (C=O) groups excluding carboxylic acids is 2. The molecule has 23 heavy (non-hydrogen) atoms. The van der Waals surface area contributed by atoms with Crippen LogP contribution in [0.1, 0.15) is 31.1 Å². The lowest BCUT2D eigenvalue weighted by molar-refractivity contribution is 0.0359. The molecule has 1 aliphatic heterocycles. The summed E-state index contributed by atoms with van der Waals surface area (Å²) in [6.07, 6.45) is -0.519. The molecule has 1 saturated heterocycles. The number of nitrogens with one attached hydrogen (secondary N) is 1. The van der Waals surface area contributed by atoms with Crippen LogP contribution in [0.5, 0.6) is 0 Å². The highest BCUT2D eigenvalue weighted by molar-refractivity contribution is 9.10. The molecule has 1 N–H and O–H groups in total. The molecule has 0 radical (unpaired) electrons. The Morgan fingerprint density at radius 1 is 1.39 bits per heavy atom. The molecule has 1 fully saturated rings. The van der Waals surface area contributed by atoms with E-state index in [1.165, 1.54) is 11.0 Å². The molecule has 0 bridgehead atoms. The standard InChI is InChI=1S/C15H17BrClFN2O3/c1-15(2,3)23-14(22)19-9-6-20(7-9)13(21)8-4-10(16)12(17)11(18)5-8/h4-5,9H,6-7H2,1-3H3,(H,19,22). The van der Waals surface area contributed by atoms with Crippen molar-refractivity contribution in [3.05, 3.63) is 33.0 Å². The Morgan fingerprint density at radius 3 is 2.52 bits per heavy atom. The molecule has 0 aromatic heterocycles. The molecular weight excluding hydrogens is 391 g/mol. The third kappa shape index (κ3) is 4.57. The van der Waals surface area contributed by atoms with E-state index in [-0.39, 0.29) is 22.5 Å². The Kier molecular flexibility index (Phi) is 5.20. The van der Waals surface area contributed by atoms with Gasteiger partial charge in [0.05, 0.1) is 11.1 Å². The molecule has 8 heteroatoms. The molecule has 1 heterocycles. The number of ether oxygens (including phenoxy) is 1. The lowest BCUT2D eigenvalue weighted by Crippen LogP contribution is -2.61. The first-order valence-electron chi connectivity index (χ1n) is 7.00. The van der Waals surface area contributed by atoms with Gasteiger partial charge in [-0.1, -0.05) is 11.6 Å². The van der Waals surface area contributed by atoms with Crippen LogP contribution in [-0.2, 0) is 4.74 Å². The fourth-order valence-corrected chi connectivity index (χ4v) is 2.62. The van der Waals surface area contributed by atoms with Crippen LogP contribution in [0.4, 0.5) is 9.18 Å². The lowest BCUT2D eigenvalue weighted by Gasteiger charge is -2.39. The number of hydrogen-bond acceptors (Lipinski definition) is 3. The smallest absolute Gasteiger partial charge is 0.407 e. The average Bonchev–Trinajstić information content (AvgIpc) is 2.36. The second kappa shape index (κ2) is 6.65. The molecule has 0 aliphatic carbocycles. The van der Waals surface area contributed by atoms with E-state index < -0.39 is 17.5 Å². The topological polar surface area (TPSA) is 58.6 Å². The van der Waals surface area contributed by atoms with E-state index >= 15 is 0 Å². The Hall–Kier alpha value is -1.34. The Morgan fingerprint density at radius 2 is 2.00 bits per heavy atom. The van der Waals surface area contributed by atoms with Crippen LogP contribution < -0.4 is 5.32 Å². The van der Waals surface area contributed by atoms with E-state index in [0.717, 1.165) is 6.07 Å². The molecule has 0 spiro atoms. The highest BCUT2D eigenvalue weighted by Crippen LogP contribution is 2.28. The summed E-state index contributed by atoms with van der Waals surface area (Å²) in [5, 5.41) is 2.62. The maximum atomic E-state index is 13.6. The zero-order chi connectivity index (χ0) is 17.4. The quantitative estimate of drug-likeness (QED) is 0.762. The van der Waals surface area contributed by atoms with Gasteiger partial charge in [0.25, 0.3) is 5.91 Å². The number of amides is 2. The van der Waals surface area contributed by atoms with Gasteiger partial charge < -0.3 is 15.0 Å². The predicted molar refractivity (Wildman–Crippen MR) is 88.2 cm³/mol. The van der Waals surface area contributed by atoms with Crippen molar-refractivity contribution >= 4 is 39.5 Å². The van der Waals surface area contributed by atoms with Crippen LogP contribution in [0.15, 0.2) is 16.6 Å². The average molecular weight is 408 g/mol. The number of likely N-dealkylation sites (tertiary alicyclic amines) is 1. The van der Waals surface area contributed by atoms with Crippen molar-refractivity contribution in [2.24, 2.45) is 0 Å². The predicted octanol–water partition coefficient (Wildman–Crippen LogP) is 3.59. The van der Waals surface area contributed by atoms with E-state index in [1.54, 1.807) is 20.8 Å². The van der Waals surface area contributed by atoms with Gasteiger partial charge in [0.2, 0.25) is 0 Å². The minimum atomic E-state index is -0.659. The third-order valence-electron chi connectivity index (χ3n) is 3.12. The number of rotatable bonds is 2. The van der Waals surface area contributed by atoms with Crippen molar-refractivity contribution < 1.29 is 18.7 Å². The van der Waals surface area contributed by atoms with Crippen LogP contribution in [0.25, 0.3) is 0 Å². The van der Waals surface area contributed by atoms with Gasteiger partial charge in [-0.3, -0.25) is 4.79 Å². The second-order valence-electron chi connectivity index (χ2n) is 6.31. The van der Waals surface area contributed by atoms with Gasteiger partial charge in [0, 0.05) is 23.1 Å². The maximum Gasteiger partial charge on any atom is 0.407 e. The van der Waals surface area contributed by atoms with Crippen molar-refractivity contribution in [2.45, 2.75) is 32.4 Å². The zero-order valence-electron chi connectivity index (χ0n) is 13.0. The highest BCUT2D eigenvalue weighted by atomic mass is 79.9. The maximum absolute atomic E-state index is 13.6. The van der Waals surface area contributed by atoms with Gasteiger partial charge in [-0.15, -0.1) is 0 Å². The molecule has 5 nitrogen and oxygen atoms in total. The fraction of sp³-hybridized carbons (Fsp3) is 0.467. The van der Waals surface area contributed by atoms with Gasteiger partial charge in [-0.05, 0) is 48.8 Å². The summed E-state index contributed by atoms with van der Waals surface area (Å²) in [4.78, 5) is 25.4. The van der Waals surface area contributed by atoms with Crippen LogP contribution in [-0.4, -0.2) is 41.6 Å². The molecule has 1 aromatic rings. The zero-order valence-corrected chi connectivity index (χ0v) is 15.3. The molecule has 126 valence electrons. The van der Waals surface area contributed by atoms with Crippen molar-refractivity contribution in [1.82, 2.24) is 10.2 Å². The monoisotopic (exact) mass is 406 g/mol. The first kappa shape index (κ1) is 18.0. The molecule has 2 rings (SSSR count). The van der Waals surface area contributed by atoms with Crippen LogP contribution >= 0.6 is 27.5 Å². The first-order valence-corrected chi connectivity index (χ1v) is 8.17. The summed E-state index contributed by atoms with van der Waals surface area (Å²) in [7, 11) is 0. The van der Waals surface area contributed by atoms with Crippen LogP contribution in [0, 0.1) is 5.82 Å². The van der Waals surface area contributed by atoms with Gasteiger partial charge >= 0.3 is 6.09 Å². The molecule has 2 amide bonds. The number of halogens is 3. The first-order chi connectivity index (χ1) is 10.6. The summed E-state index contributed by atoms with van der Waals surface area (Å²) >= 11 is 8.82. The summed E-state index contributed by atoms with van der Waals surface area (Å²) in [5.41, 5.74) is -0.370. The van der Waals surface area contributed by atoms with Crippen molar-refractivity contribution in [2.75, 3.05) is 13.1 Å². The largest absolute Gasteiger partial charge is 0.444 e. The van der Waals surface area contributed by atoms with E-state index in [1.807, 2.05) is 0 Å². The molecular formula is C15H17BrClFN2O3. The van der Waals surface area contributed by atoms with E-state index in [9.17, 15) is 14.0 Å². The molecule has 0 atom stereocenters. The Labute approximate surface area is 147 Å². The summed E-state index contributed by atoms with van der Waals surface area (Å²) in [6.45, 7) is 6.02. The van der Waals surface area contributed by atoms with Gasteiger partial charge in [-0.2, -0.15) is 0 Å². The number of carbonyl (C=O) groups is 2. The highest BCUT2D eigenvalue weighted by Gasteiger charge is 2.33. The Balaban J connectivity index is 1.90. The minimum absolute atomic E-state index is 0.0605. The molecule has 0 unspecified atom stereocenters.